The molecule has 0 aliphatic heterocycles. The molecule has 0 aliphatic carbocycles. The summed E-state index contributed by atoms with van der Waals surface area (Å²) in [5.41, 5.74) is 8.63. The van der Waals surface area contributed by atoms with E-state index in [-0.39, 0.29) is 6.04 Å². The molecule has 6 heteroatoms. The van der Waals surface area contributed by atoms with Crippen LogP contribution < -0.4 is 11.1 Å². The first-order valence-electron chi connectivity index (χ1n) is 4.97. The number of rotatable bonds is 3. The molecule has 84 valence electrons. The van der Waals surface area contributed by atoms with Crippen LogP contribution in [0.5, 0.6) is 0 Å². The summed E-state index contributed by atoms with van der Waals surface area (Å²) < 4.78 is 0. The van der Waals surface area contributed by atoms with Crippen LogP contribution in [0, 0.1) is 6.92 Å². The third-order valence-corrected chi connectivity index (χ3v) is 2.42. The summed E-state index contributed by atoms with van der Waals surface area (Å²) in [5, 5.41) is 13.6. The first-order chi connectivity index (χ1) is 7.72. The van der Waals surface area contributed by atoms with Crippen molar-refractivity contribution in [2.45, 2.75) is 13.0 Å². The van der Waals surface area contributed by atoms with Crippen LogP contribution in [0.15, 0.2) is 18.5 Å². The molecule has 2 aromatic heterocycles. The molecule has 0 bridgehead atoms. The minimum atomic E-state index is -0.0915. The van der Waals surface area contributed by atoms with Crippen molar-refractivity contribution < 1.29 is 0 Å². The van der Waals surface area contributed by atoms with Gasteiger partial charge in [0.05, 0.1) is 12.2 Å². The maximum atomic E-state index is 5.86. The summed E-state index contributed by atoms with van der Waals surface area (Å²) in [4.78, 5) is 4.14. The van der Waals surface area contributed by atoms with E-state index in [1.54, 1.807) is 12.4 Å². The van der Waals surface area contributed by atoms with Gasteiger partial charge in [-0.2, -0.15) is 15.4 Å². The number of aromatic amines is 1. The van der Waals surface area contributed by atoms with Crippen molar-refractivity contribution >= 4 is 5.82 Å². The average Bonchev–Trinajstić information content (AvgIpc) is 2.78. The van der Waals surface area contributed by atoms with Gasteiger partial charge >= 0.3 is 0 Å². The van der Waals surface area contributed by atoms with E-state index in [0.717, 1.165) is 16.8 Å². The van der Waals surface area contributed by atoms with E-state index < -0.39 is 0 Å². The second-order valence-corrected chi connectivity index (χ2v) is 3.60. The van der Waals surface area contributed by atoms with Crippen molar-refractivity contribution in [3.63, 3.8) is 0 Å². The lowest BCUT2D eigenvalue weighted by Crippen LogP contribution is -2.20. The Kier molecular flexibility index (Phi) is 2.82. The van der Waals surface area contributed by atoms with Crippen molar-refractivity contribution in [3.05, 3.63) is 35.3 Å². The minimum Gasteiger partial charge on any atom is -0.383 e. The molecule has 0 saturated heterocycles. The topological polar surface area (TPSA) is 92.5 Å². The molecule has 6 nitrogen and oxygen atoms in total. The molecule has 0 radical (unpaired) electrons. The third kappa shape index (κ3) is 1.87. The molecule has 0 aliphatic rings. The lowest BCUT2D eigenvalue weighted by atomic mass is 10.0. The quantitative estimate of drug-likeness (QED) is 0.693. The van der Waals surface area contributed by atoms with Crippen molar-refractivity contribution in [2.24, 2.45) is 0 Å². The molecule has 2 heterocycles. The number of anilines is 1. The standard InChI is InChI=1S/C10H14N6/c1-6-3-7(10(11)13-4-6)9(12-2)8-5-14-16-15-8/h3-5,9,12H,1-2H3,(H2,11,13)(H,14,15,16). The summed E-state index contributed by atoms with van der Waals surface area (Å²) >= 11 is 0. The second-order valence-electron chi connectivity index (χ2n) is 3.60. The molecule has 0 fully saturated rings. The number of nitrogens with zero attached hydrogens (tertiary/aromatic N) is 3. The summed E-state index contributed by atoms with van der Waals surface area (Å²) in [6, 6.07) is 1.91. The van der Waals surface area contributed by atoms with E-state index in [4.69, 9.17) is 5.73 Å². The highest BCUT2D eigenvalue weighted by atomic mass is 15.3. The molecule has 0 aromatic carbocycles. The van der Waals surface area contributed by atoms with E-state index in [0.29, 0.717) is 5.82 Å². The zero-order valence-corrected chi connectivity index (χ0v) is 9.23. The Balaban J connectivity index is 2.44. The minimum absolute atomic E-state index is 0.0915. The number of aryl methyl sites for hydroxylation is 1. The van der Waals surface area contributed by atoms with Gasteiger partial charge in [-0.3, -0.25) is 0 Å². The molecule has 4 N–H and O–H groups in total. The van der Waals surface area contributed by atoms with Crippen LogP contribution in [0.1, 0.15) is 22.9 Å². The number of nitrogens with one attached hydrogen (secondary N) is 2. The first-order valence-corrected chi connectivity index (χ1v) is 4.97. The number of hydrogen-bond acceptors (Lipinski definition) is 5. The molecule has 0 amide bonds. The number of H-pyrrole nitrogens is 1. The SMILES string of the molecule is CNC(c1cn[nH]n1)c1cc(C)cnc1N. The third-order valence-electron chi connectivity index (χ3n) is 2.42. The van der Waals surface area contributed by atoms with Gasteiger partial charge in [0.1, 0.15) is 11.5 Å². The van der Waals surface area contributed by atoms with Crippen molar-refractivity contribution in [2.75, 3.05) is 12.8 Å². The zero-order chi connectivity index (χ0) is 11.5. The van der Waals surface area contributed by atoms with Crippen LogP contribution in [0.25, 0.3) is 0 Å². The van der Waals surface area contributed by atoms with E-state index in [1.807, 2.05) is 20.0 Å². The molecular weight excluding hydrogens is 204 g/mol. The fourth-order valence-electron chi connectivity index (χ4n) is 1.65. The molecule has 0 saturated carbocycles. The predicted molar refractivity (Wildman–Crippen MR) is 60.7 cm³/mol. The zero-order valence-electron chi connectivity index (χ0n) is 9.23. The normalized spacial score (nSPS) is 12.6. The number of hydrogen-bond donors (Lipinski definition) is 3. The Bertz CT molecular complexity index is 464. The maximum Gasteiger partial charge on any atom is 0.128 e. The molecule has 2 aromatic rings. The number of nitrogen functional groups attached to an aromatic ring is 1. The van der Waals surface area contributed by atoms with E-state index in [2.05, 4.69) is 25.7 Å². The Morgan fingerprint density at radius 1 is 1.44 bits per heavy atom. The Morgan fingerprint density at radius 2 is 2.25 bits per heavy atom. The number of pyridine rings is 1. The highest BCUT2D eigenvalue weighted by molar-refractivity contribution is 5.45. The van der Waals surface area contributed by atoms with Gasteiger partial charge in [-0.15, -0.1) is 0 Å². The molecular formula is C10H14N6. The maximum absolute atomic E-state index is 5.86. The Morgan fingerprint density at radius 3 is 2.88 bits per heavy atom. The predicted octanol–water partition coefficient (Wildman–Crippen LogP) is 0.399. The summed E-state index contributed by atoms with van der Waals surface area (Å²) in [6.07, 6.45) is 3.41. The first kappa shape index (κ1) is 10.6. The summed E-state index contributed by atoms with van der Waals surface area (Å²) in [5.74, 6) is 0.507. The van der Waals surface area contributed by atoms with Gasteiger partial charge in [0.2, 0.25) is 0 Å². The van der Waals surface area contributed by atoms with Crippen LogP contribution in [0.4, 0.5) is 5.82 Å². The fraction of sp³-hybridized carbons (Fsp3) is 0.300. The van der Waals surface area contributed by atoms with Gasteiger partial charge in [0.25, 0.3) is 0 Å². The van der Waals surface area contributed by atoms with E-state index >= 15 is 0 Å². The van der Waals surface area contributed by atoms with Gasteiger partial charge in [0.15, 0.2) is 0 Å². The average molecular weight is 218 g/mol. The monoisotopic (exact) mass is 218 g/mol. The van der Waals surface area contributed by atoms with Crippen LogP contribution in [-0.2, 0) is 0 Å². The molecule has 1 unspecified atom stereocenters. The van der Waals surface area contributed by atoms with Gasteiger partial charge < -0.3 is 11.1 Å². The Labute approximate surface area is 93.3 Å². The number of nitrogens with two attached hydrogens (primary N) is 1. The van der Waals surface area contributed by atoms with Crippen molar-refractivity contribution in [1.29, 1.82) is 0 Å². The van der Waals surface area contributed by atoms with Gasteiger partial charge in [0, 0.05) is 11.8 Å². The van der Waals surface area contributed by atoms with E-state index in [9.17, 15) is 0 Å². The van der Waals surface area contributed by atoms with Crippen LogP contribution >= 0.6 is 0 Å². The van der Waals surface area contributed by atoms with Gasteiger partial charge in [-0.25, -0.2) is 4.98 Å². The molecule has 2 rings (SSSR count). The van der Waals surface area contributed by atoms with Gasteiger partial charge in [-0.1, -0.05) is 0 Å². The van der Waals surface area contributed by atoms with Crippen LogP contribution in [0.2, 0.25) is 0 Å². The Hall–Kier alpha value is -1.95. The van der Waals surface area contributed by atoms with Crippen LogP contribution in [0.3, 0.4) is 0 Å². The highest BCUT2D eigenvalue weighted by Crippen LogP contribution is 2.23. The molecule has 0 spiro atoms. The smallest absolute Gasteiger partial charge is 0.128 e. The second kappa shape index (κ2) is 4.28. The fourth-order valence-corrected chi connectivity index (χ4v) is 1.65. The summed E-state index contributed by atoms with van der Waals surface area (Å²) in [7, 11) is 1.85. The van der Waals surface area contributed by atoms with Crippen molar-refractivity contribution in [3.8, 4) is 0 Å². The lowest BCUT2D eigenvalue weighted by molar-refractivity contribution is 0.666. The largest absolute Gasteiger partial charge is 0.383 e. The number of aromatic nitrogens is 4. The highest BCUT2D eigenvalue weighted by Gasteiger charge is 2.17. The molecule has 1 atom stereocenters. The lowest BCUT2D eigenvalue weighted by Gasteiger charge is -2.15. The molecule has 16 heavy (non-hydrogen) atoms. The summed E-state index contributed by atoms with van der Waals surface area (Å²) in [6.45, 7) is 1.98. The van der Waals surface area contributed by atoms with Crippen LogP contribution in [-0.4, -0.2) is 27.4 Å². The van der Waals surface area contributed by atoms with Crippen molar-refractivity contribution in [1.82, 2.24) is 25.7 Å². The van der Waals surface area contributed by atoms with Gasteiger partial charge in [-0.05, 0) is 25.6 Å². The van der Waals surface area contributed by atoms with E-state index in [1.165, 1.54) is 0 Å².